The summed E-state index contributed by atoms with van der Waals surface area (Å²) in [6, 6.07) is 10.8. The summed E-state index contributed by atoms with van der Waals surface area (Å²) in [5.74, 6) is 1.10. The van der Waals surface area contributed by atoms with Crippen LogP contribution in [0.5, 0.6) is 5.75 Å². The molecular weight excluding hydrogens is 390 g/mol. The van der Waals surface area contributed by atoms with Gasteiger partial charge in [-0.15, -0.1) is 0 Å². The molecule has 0 amide bonds. The van der Waals surface area contributed by atoms with Gasteiger partial charge in [0.2, 0.25) is 5.76 Å². The number of ether oxygens (including phenoxy) is 2. The van der Waals surface area contributed by atoms with E-state index in [1.807, 2.05) is 25.1 Å². The van der Waals surface area contributed by atoms with Crippen LogP contribution in [0.1, 0.15) is 28.7 Å². The fourth-order valence-corrected chi connectivity index (χ4v) is 3.03. The zero-order valence-electron chi connectivity index (χ0n) is 13.3. The third kappa shape index (κ3) is 3.32. The Hall–Kier alpha value is -2.54. The van der Waals surface area contributed by atoms with Crippen molar-refractivity contribution in [2.75, 3.05) is 0 Å². The Labute approximate surface area is 151 Å². The number of carbonyl (C=O) groups is 1. The van der Waals surface area contributed by atoms with Gasteiger partial charge in [-0.1, -0.05) is 5.16 Å². The standard InChI is InChI=1S/C18H14BrNO5/c1-10-6-12-7-11(2-3-14(12)23-10)16-8-13(20-25-16)9-22-18(21)15-4-5-17(19)24-15/h2-5,7-8,10H,6,9H2,1H3. The number of benzene rings is 1. The third-order valence-electron chi connectivity index (χ3n) is 3.87. The summed E-state index contributed by atoms with van der Waals surface area (Å²) in [4.78, 5) is 11.9. The summed E-state index contributed by atoms with van der Waals surface area (Å²) >= 11 is 3.14. The van der Waals surface area contributed by atoms with Gasteiger partial charge in [-0.2, -0.15) is 0 Å². The van der Waals surface area contributed by atoms with Gasteiger partial charge in [0, 0.05) is 18.1 Å². The maximum Gasteiger partial charge on any atom is 0.374 e. The summed E-state index contributed by atoms with van der Waals surface area (Å²) in [5, 5.41) is 3.95. The smallest absolute Gasteiger partial charge is 0.374 e. The molecule has 0 aliphatic carbocycles. The van der Waals surface area contributed by atoms with Gasteiger partial charge >= 0.3 is 5.97 Å². The third-order valence-corrected chi connectivity index (χ3v) is 4.29. The van der Waals surface area contributed by atoms with Crippen LogP contribution in [-0.4, -0.2) is 17.2 Å². The molecule has 0 saturated heterocycles. The number of nitrogens with zero attached hydrogens (tertiary/aromatic N) is 1. The monoisotopic (exact) mass is 403 g/mol. The largest absolute Gasteiger partial charge is 0.490 e. The highest BCUT2D eigenvalue weighted by molar-refractivity contribution is 9.10. The Kier molecular flexibility index (Phi) is 4.09. The van der Waals surface area contributed by atoms with Crippen molar-refractivity contribution in [1.82, 2.24) is 5.16 Å². The van der Waals surface area contributed by atoms with Crippen molar-refractivity contribution in [3.05, 3.63) is 58.1 Å². The van der Waals surface area contributed by atoms with Crippen LogP contribution < -0.4 is 4.74 Å². The van der Waals surface area contributed by atoms with Gasteiger partial charge in [0.05, 0.1) is 0 Å². The van der Waals surface area contributed by atoms with E-state index < -0.39 is 5.97 Å². The first-order valence-corrected chi connectivity index (χ1v) is 8.56. The predicted octanol–water partition coefficient (Wildman–Crippen LogP) is 4.38. The number of furan rings is 1. The predicted molar refractivity (Wildman–Crippen MR) is 91.3 cm³/mol. The highest BCUT2D eigenvalue weighted by Gasteiger charge is 2.20. The molecule has 1 aliphatic heterocycles. The van der Waals surface area contributed by atoms with Crippen LogP contribution >= 0.6 is 15.9 Å². The molecule has 0 radical (unpaired) electrons. The minimum absolute atomic E-state index is 0.00569. The summed E-state index contributed by atoms with van der Waals surface area (Å²) in [6.45, 7) is 2.05. The Morgan fingerprint density at radius 1 is 1.32 bits per heavy atom. The lowest BCUT2D eigenvalue weighted by atomic mass is 10.1. The van der Waals surface area contributed by atoms with Crippen LogP contribution in [0.4, 0.5) is 0 Å². The van der Waals surface area contributed by atoms with E-state index in [1.165, 1.54) is 6.07 Å². The fourth-order valence-electron chi connectivity index (χ4n) is 2.73. The van der Waals surface area contributed by atoms with E-state index in [2.05, 4.69) is 21.1 Å². The number of fused-ring (bicyclic) bond motifs is 1. The number of rotatable bonds is 4. The highest BCUT2D eigenvalue weighted by atomic mass is 79.9. The second-order valence-electron chi connectivity index (χ2n) is 5.82. The van der Waals surface area contributed by atoms with Gasteiger partial charge in [-0.25, -0.2) is 4.79 Å². The van der Waals surface area contributed by atoms with E-state index in [1.54, 1.807) is 12.1 Å². The van der Waals surface area contributed by atoms with Crippen molar-refractivity contribution in [1.29, 1.82) is 0 Å². The van der Waals surface area contributed by atoms with E-state index in [4.69, 9.17) is 18.4 Å². The van der Waals surface area contributed by atoms with Gasteiger partial charge < -0.3 is 18.4 Å². The van der Waals surface area contributed by atoms with Gasteiger partial charge in [-0.3, -0.25) is 0 Å². The Morgan fingerprint density at radius 2 is 2.20 bits per heavy atom. The van der Waals surface area contributed by atoms with E-state index in [9.17, 15) is 4.79 Å². The van der Waals surface area contributed by atoms with E-state index in [-0.39, 0.29) is 18.5 Å². The molecule has 1 aromatic carbocycles. The quantitative estimate of drug-likeness (QED) is 0.601. The first kappa shape index (κ1) is 16.0. The fraction of sp³-hybridized carbons (Fsp3) is 0.222. The molecule has 0 spiro atoms. The molecule has 0 bridgehead atoms. The molecule has 0 fully saturated rings. The summed E-state index contributed by atoms with van der Waals surface area (Å²) in [7, 11) is 0. The number of hydrogen-bond donors (Lipinski definition) is 0. The van der Waals surface area contributed by atoms with E-state index in [0.29, 0.717) is 16.1 Å². The minimum Gasteiger partial charge on any atom is -0.490 e. The molecule has 2 aromatic heterocycles. The van der Waals surface area contributed by atoms with Crippen LogP contribution in [-0.2, 0) is 17.8 Å². The zero-order chi connectivity index (χ0) is 17.4. The molecule has 0 N–H and O–H groups in total. The van der Waals surface area contributed by atoms with Crippen molar-refractivity contribution >= 4 is 21.9 Å². The molecule has 1 atom stereocenters. The lowest BCUT2D eigenvalue weighted by Gasteiger charge is -2.02. The molecule has 1 aliphatic rings. The number of carbonyl (C=O) groups excluding carboxylic acids is 1. The van der Waals surface area contributed by atoms with Crippen molar-refractivity contribution in [2.45, 2.75) is 26.1 Å². The van der Waals surface area contributed by atoms with Gasteiger partial charge in [0.15, 0.2) is 10.4 Å². The highest BCUT2D eigenvalue weighted by Crippen LogP contribution is 2.33. The zero-order valence-corrected chi connectivity index (χ0v) is 14.9. The lowest BCUT2D eigenvalue weighted by Crippen LogP contribution is -2.05. The Morgan fingerprint density at radius 3 is 3.00 bits per heavy atom. The van der Waals surface area contributed by atoms with Gasteiger partial charge in [0.1, 0.15) is 24.2 Å². The van der Waals surface area contributed by atoms with E-state index >= 15 is 0 Å². The normalized spacial score (nSPS) is 15.7. The molecule has 6 nitrogen and oxygen atoms in total. The van der Waals surface area contributed by atoms with Crippen LogP contribution in [0.3, 0.4) is 0 Å². The summed E-state index contributed by atoms with van der Waals surface area (Å²) < 4.78 is 21.8. The Bertz CT molecular complexity index is 929. The second kappa shape index (κ2) is 6.40. The molecule has 1 unspecified atom stereocenters. The molecule has 3 heterocycles. The molecule has 4 rings (SSSR count). The number of esters is 1. The van der Waals surface area contributed by atoms with Crippen LogP contribution in [0, 0.1) is 0 Å². The molecule has 0 saturated carbocycles. The number of hydrogen-bond acceptors (Lipinski definition) is 6. The van der Waals surface area contributed by atoms with Crippen molar-refractivity contribution in [3.63, 3.8) is 0 Å². The van der Waals surface area contributed by atoms with Crippen molar-refractivity contribution in [2.24, 2.45) is 0 Å². The van der Waals surface area contributed by atoms with E-state index in [0.717, 1.165) is 23.3 Å². The average molecular weight is 404 g/mol. The lowest BCUT2D eigenvalue weighted by molar-refractivity contribution is 0.0426. The molecule has 25 heavy (non-hydrogen) atoms. The first-order chi connectivity index (χ1) is 12.1. The molecule has 128 valence electrons. The van der Waals surface area contributed by atoms with Crippen LogP contribution in [0.25, 0.3) is 11.3 Å². The topological polar surface area (TPSA) is 74.7 Å². The first-order valence-electron chi connectivity index (χ1n) is 7.76. The van der Waals surface area contributed by atoms with Crippen molar-refractivity contribution < 1.29 is 23.2 Å². The molecular formula is C18H14BrNO5. The van der Waals surface area contributed by atoms with Crippen LogP contribution in [0.15, 0.2) is 50.0 Å². The minimum atomic E-state index is -0.557. The van der Waals surface area contributed by atoms with Gasteiger partial charge in [0.25, 0.3) is 0 Å². The SMILES string of the molecule is CC1Cc2cc(-c3cc(COC(=O)c4ccc(Br)o4)no3)ccc2O1. The second-order valence-corrected chi connectivity index (χ2v) is 6.60. The number of aromatic nitrogens is 1. The Balaban J connectivity index is 1.44. The number of halogens is 1. The maximum absolute atomic E-state index is 11.9. The van der Waals surface area contributed by atoms with Crippen molar-refractivity contribution in [3.8, 4) is 17.1 Å². The van der Waals surface area contributed by atoms with Crippen LogP contribution in [0.2, 0.25) is 0 Å². The maximum atomic E-state index is 11.9. The summed E-state index contributed by atoms with van der Waals surface area (Å²) in [5.41, 5.74) is 2.59. The average Bonchev–Trinajstić information content (AvgIpc) is 3.30. The molecule has 7 heteroatoms. The summed E-state index contributed by atoms with van der Waals surface area (Å²) in [6.07, 6.45) is 1.07. The molecule has 3 aromatic rings. The van der Waals surface area contributed by atoms with Gasteiger partial charge in [-0.05, 0) is 58.7 Å².